The lowest BCUT2D eigenvalue weighted by Gasteiger charge is -2.13. The van der Waals surface area contributed by atoms with E-state index in [9.17, 15) is 0 Å². The van der Waals surface area contributed by atoms with Gasteiger partial charge in [-0.25, -0.2) is 0 Å². The molecule has 0 saturated carbocycles. The monoisotopic (exact) mass is 257 g/mol. The summed E-state index contributed by atoms with van der Waals surface area (Å²) in [5.41, 5.74) is 9.96. The Morgan fingerprint density at radius 1 is 1.05 bits per heavy atom. The van der Waals surface area contributed by atoms with E-state index in [1.807, 2.05) is 44.2 Å². The molecule has 2 aromatic rings. The Hall–Kier alpha value is -2.16. The number of nitrogen functional groups attached to an aromatic ring is 1. The van der Waals surface area contributed by atoms with Gasteiger partial charge in [-0.1, -0.05) is 18.2 Å². The maximum Gasteiger partial charge on any atom is 0.145 e. The molecule has 0 fully saturated rings. The van der Waals surface area contributed by atoms with Crippen LogP contribution in [0.5, 0.6) is 11.5 Å². The topological polar surface area (TPSA) is 44.5 Å². The SMILES string of the molecule is COc1ccc(COc2c(C)cc(C)cc2N)cc1. The fourth-order valence-electron chi connectivity index (χ4n) is 2.06. The molecule has 19 heavy (non-hydrogen) atoms. The highest BCUT2D eigenvalue weighted by atomic mass is 16.5. The van der Waals surface area contributed by atoms with Crippen molar-refractivity contribution >= 4 is 5.69 Å². The first kappa shape index (κ1) is 13.3. The van der Waals surface area contributed by atoms with E-state index in [0.717, 1.165) is 28.2 Å². The molecule has 0 saturated heterocycles. The van der Waals surface area contributed by atoms with Crippen LogP contribution in [0.2, 0.25) is 0 Å². The first-order valence-electron chi connectivity index (χ1n) is 6.22. The van der Waals surface area contributed by atoms with Gasteiger partial charge in [0, 0.05) is 0 Å². The van der Waals surface area contributed by atoms with E-state index in [0.29, 0.717) is 12.3 Å². The van der Waals surface area contributed by atoms with Crippen LogP contribution in [0.1, 0.15) is 16.7 Å². The number of nitrogens with two attached hydrogens (primary N) is 1. The number of rotatable bonds is 4. The fraction of sp³-hybridized carbons (Fsp3) is 0.250. The average molecular weight is 257 g/mol. The summed E-state index contributed by atoms with van der Waals surface area (Å²) in [7, 11) is 1.65. The molecule has 3 nitrogen and oxygen atoms in total. The molecule has 0 unspecified atom stereocenters. The molecule has 2 rings (SSSR count). The number of hydrogen-bond acceptors (Lipinski definition) is 3. The smallest absolute Gasteiger partial charge is 0.145 e. The predicted molar refractivity (Wildman–Crippen MR) is 77.7 cm³/mol. The molecule has 0 heterocycles. The standard InChI is InChI=1S/C16H19NO2/c1-11-8-12(2)16(15(17)9-11)19-10-13-4-6-14(18-3)7-5-13/h4-9H,10,17H2,1-3H3. The first-order valence-corrected chi connectivity index (χ1v) is 6.22. The summed E-state index contributed by atoms with van der Waals surface area (Å²) in [4.78, 5) is 0. The van der Waals surface area contributed by atoms with Crippen LogP contribution in [0.25, 0.3) is 0 Å². The van der Waals surface area contributed by atoms with Crippen molar-refractivity contribution < 1.29 is 9.47 Å². The van der Waals surface area contributed by atoms with Gasteiger partial charge >= 0.3 is 0 Å². The largest absolute Gasteiger partial charge is 0.497 e. The summed E-state index contributed by atoms with van der Waals surface area (Å²) in [5, 5.41) is 0. The van der Waals surface area contributed by atoms with Crippen LogP contribution >= 0.6 is 0 Å². The van der Waals surface area contributed by atoms with Gasteiger partial charge in [-0.2, -0.15) is 0 Å². The van der Waals surface area contributed by atoms with Crippen molar-refractivity contribution in [2.75, 3.05) is 12.8 Å². The second-order valence-electron chi connectivity index (χ2n) is 4.64. The third kappa shape index (κ3) is 3.19. The quantitative estimate of drug-likeness (QED) is 0.853. The zero-order valence-corrected chi connectivity index (χ0v) is 11.6. The molecule has 0 aliphatic heterocycles. The summed E-state index contributed by atoms with van der Waals surface area (Å²) in [5.74, 6) is 1.61. The van der Waals surface area contributed by atoms with Crippen LogP contribution < -0.4 is 15.2 Å². The Morgan fingerprint density at radius 2 is 1.74 bits per heavy atom. The highest BCUT2D eigenvalue weighted by Crippen LogP contribution is 2.28. The Balaban J connectivity index is 2.10. The van der Waals surface area contributed by atoms with Crippen molar-refractivity contribution in [3.8, 4) is 11.5 Å². The van der Waals surface area contributed by atoms with E-state index in [-0.39, 0.29) is 0 Å². The van der Waals surface area contributed by atoms with Gasteiger partial charge in [0.05, 0.1) is 12.8 Å². The van der Waals surface area contributed by atoms with Gasteiger partial charge in [-0.3, -0.25) is 0 Å². The lowest BCUT2D eigenvalue weighted by Crippen LogP contribution is -2.01. The van der Waals surface area contributed by atoms with Crippen LogP contribution in [-0.2, 0) is 6.61 Å². The predicted octanol–water partition coefficient (Wildman–Crippen LogP) is 3.47. The normalized spacial score (nSPS) is 10.3. The molecule has 0 bridgehead atoms. The summed E-state index contributed by atoms with van der Waals surface area (Å²) >= 11 is 0. The maximum absolute atomic E-state index is 5.99. The van der Waals surface area contributed by atoms with E-state index < -0.39 is 0 Å². The van der Waals surface area contributed by atoms with Crippen LogP contribution in [0.15, 0.2) is 36.4 Å². The molecule has 0 aliphatic carbocycles. The van der Waals surface area contributed by atoms with Gasteiger partial charge in [0.2, 0.25) is 0 Å². The summed E-state index contributed by atoms with van der Waals surface area (Å²) in [6.45, 7) is 4.53. The highest BCUT2D eigenvalue weighted by Gasteiger charge is 2.06. The van der Waals surface area contributed by atoms with Gasteiger partial charge in [-0.05, 0) is 48.7 Å². The number of ether oxygens (including phenoxy) is 2. The fourth-order valence-corrected chi connectivity index (χ4v) is 2.06. The maximum atomic E-state index is 5.99. The van der Waals surface area contributed by atoms with Gasteiger partial charge in [0.1, 0.15) is 18.1 Å². The molecular formula is C16H19NO2. The van der Waals surface area contributed by atoms with Crippen LogP contribution in [0.3, 0.4) is 0 Å². The van der Waals surface area contributed by atoms with Gasteiger partial charge in [-0.15, -0.1) is 0 Å². The van der Waals surface area contributed by atoms with Gasteiger partial charge in [0.25, 0.3) is 0 Å². The summed E-state index contributed by atoms with van der Waals surface area (Å²) in [6.07, 6.45) is 0. The third-order valence-corrected chi connectivity index (χ3v) is 2.99. The molecule has 2 N–H and O–H groups in total. The van der Waals surface area contributed by atoms with E-state index in [1.165, 1.54) is 0 Å². The van der Waals surface area contributed by atoms with Crippen molar-refractivity contribution in [2.24, 2.45) is 0 Å². The lowest BCUT2D eigenvalue weighted by atomic mass is 10.1. The van der Waals surface area contributed by atoms with E-state index in [4.69, 9.17) is 15.2 Å². The Bertz CT molecular complexity index is 538. The lowest BCUT2D eigenvalue weighted by molar-refractivity contribution is 0.305. The molecule has 100 valence electrons. The summed E-state index contributed by atoms with van der Waals surface area (Å²) < 4.78 is 10.9. The second kappa shape index (κ2) is 5.65. The molecule has 3 heteroatoms. The van der Waals surface area contributed by atoms with Gasteiger partial charge < -0.3 is 15.2 Å². The van der Waals surface area contributed by atoms with Crippen molar-refractivity contribution in [1.29, 1.82) is 0 Å². The Morgan fingerprint density at radius 3 is 2.32 bits per heavy atom. The van der Waals surface area contributed by atoms with Crippen LogP contribution in [-0.4, -0.2) is 7.11 Å². The number of anilines is 1. The first-order chi connectivity index (χ1) is 9.10. The zero-order valence-electron chi connectivity index (χ0n) is 11.6. The number of benzene rings is 2. The molecule has 0 aromatic heterocycles. The Kier molecular flexibility index (Phi) is 3.95. The van der Waals surface area contributed by atoms with E-state index >= 15 is 0 Å². The minimum Gasteiger partial charge on any atom is -0.497 e. The van der Waals surface area contributed by atoms with Crippen molar-refractivity contribution in [3.05, 3.63) is 53.1 Å². The molecule has 0 radical (unpaired) electrons. The molecule has 0 spiro atoms. The number of methoxy groups -OCH3 is 1. The summed E-state index contributed by atoms with van der Waals surface area (Å²) in [6, 6.07) is 11.8. The zero-order chi connectivity index (χ0) is 13.8. The number of aryl methyl sites for hydroxylation is 2. The third-order valence-electron chi connectivity index (χ3n) is 2.99. The van der Waals surface area contributed by atoms with Gasteiger partial charge in [0.15, 0.2) is 0 Å². The minimum absolute atomic E-state index is 0.498. The Labute approximate surface area is 114 Å². The van der Waals surface area contributed by atoms with Crippen LogP contribution in [0, 0.1) is 13.8 Å². The van der Waals surface area contributed by atoms with E-state index in [2.05, 4.69) is 6.07 Å². The van der Waals surface area contributed by atoms with Crippen molar-refractivity contribution in [1.82, 2.24) is 0 Å². The molecule has 2 aromatic carbocycles. The molecule has 0 atom stereocenters. The van der Waals surface area contributed by atoms with Crippen molar-refractivity contribution in [3.63, 3.8) is 0 Å². The average Bonchev–Trinajstić information content (AvgIpc) is 2.38. The molecular weight excluding hydrogens is 238 g/mol. The minimum atomic E-state index is 0.498. The molecule has 0 amide bonds. The highest BCUT2D eigenvalue weighted by molar-refractivity contribution is 5.58. The van der Waals surface area contributed by atoms with Crippen molar-refractivity contribution in [2.45, 2.75) is 20.5 Å². The molecule has 0 aliphatic rings. The van der Waals surface area contributed by atoms with E-state index in [1.54, 1.807) is 7.11 Å². The second-order valence-corrected chi connectivity index (χ2v) is 4.64. The van der Waals surface area contributed by atoms with Crippen LogP contribution in [0.4, 0.5) is 5.69 Å². The number of hydrogen-bond donors (Lipinski definition) is 1.